The molecule has 0 bridgehead atoms. The van der Waals surface area contributed by atoms with E-state index < -0.39 is 0 Å². The van der Waals surface area contributed by atoms with E-state index in [-0.39, 0.29) is 24.1 Å². The lowest BCUT2D eigenvalue weighted by molar-refractivity contribution is -0.131. The van der Waals surface area contributed by atoms with Crippen LogP contribution >= 0.6 is 0 Å². The van der Waals surface area contributed by atoms with Gasteiger partial charge in [0.15, 0.2) is 5.65 Å². The molecule has 1 aliphatic rings. The maximum absolute atomic E-state index is 12.8. The molecule has 32 heavy (non-hydrogen) atoms. The van der Waals surface area contributed by atoms with Crippen molar-refractivity contribution < 1.29 is 4.79 Å². The number of nitrogens with zero attached hydrogens (tertiary/aromatic N) is 7. The number of nitriles is 2. The van der Waals surface area contributed by atoms with Crippen molar-refractivity contribution in [1.82, 2.24) is 29.0 Å². The van der Waals surface area contributed by atoms with E-state index in [1.54, 1.807) is 44.6 Å². The molecule has 1 saturated heterocycles. The van der Waals surface area contributed by atoms with Crippen molar-refractivity contribution in [3.63, 3.8) is 0 Å². The Balaban J connectivity index is 1.58. The van der Waals surface area contributed by atoms with Gasteiger partial charge in [-0.2, -0.15) is 15.6 Å². The third-order valence-electron chi connectivity index (χ3n) is 5.83. The van der Waals surface area contributed by atoms with Gasteiger partial charge >= 0.3 is 5.69 Å². The number of fused-ring (bicyclic) bond motifs is 2. The van der Waals surface area contributed by atoms with Crippen molar-refractivity contribution in [3.05, 3.63) is 52.7 Å². The van der Waals surface area contributed by atoms with E-state index in [1.165, 1.54) is 0 Å². The van der Waals surface area contributed by atoms with Gasteiger partial charge in [0, 0.05) is 24.8 Å². The molecule has 0 spiro atoms. The first-order valence-electron chi connectivity index (χ1n) is 10.2. The highest BCUT2D eigenvalue weighted by atomic mass is 16.2. The van der Waals surface area contributed by atoms with Gasteiger partial charge in [-0.05, 0) is 37.1 Å². The summed E-state index contributed by atoms with van der Waals surface area (Å²) >= 11 is 0. The van der Waals surface area contributed by atoms with Crippen LogP contribution in [0.4, 0.5) is 0 Å². The van der Waals surface area contributed by atoms with E-state index in [4.69, 9.17) is 10.2 Å². The van der Waals surface area contributed by atoms with Crippen LogP contribution in [-0.2, 0) is 4.79 Å². The van der Waals surface area contributed by atoms with Gasteiger partial charge in [-0.3, -0.25) is 9.36 Å². The van der Waals surface area contributed by atoms with Crippen LogP contribution < -0.4 is 5.69 Å². The van der Waals surface area contributed by atoms with Gasteiger partial charge in [-0.25, -0.2) is 14.3 Å². The van der Waals surface area contributed by atoms with Crippen molar-refractivity contribution in [2.75, 3.05) is 13.1 Å². The molecule has 0 aromatic carbocycles. The summed E-state index contributed by atoms with van der Waals surface area (Å²) in [6.45, 7) is 0.942. The molecule has 5 rings (SSSR count). The van der Waals surface area contributed by atoms with Gasteiger partial charge in [0.25, 0.3) is 0 Å². The van der Waals surface area contributed by atoms with Gasteiger partial charge in [-0.1, -0.05) is 0 Å². The normalized spacial score (nSPS) is 16.2. The van der Waals surface area contributed by atoms with Crippen LogP contribution in [-0.4, -0.2) is 48.0 Å². The highest BCUT2D eigenvalue weighted by Gasteiger charge is 2.27. The minimum Gasteiger partial charge on any atom is -0.340 e. The lowest BCUT2D eigenvalue weighted by atomic mass is 10.0. The first kappa shape index (κ1) is 19.5. The fourth-order valence-electron chi connectivity index (χ4n) is 4.31. The minimum absolute atomic E-state index is 0.169. The molecule has 10 heteroatoms. The Morgan fingerprint density at radius 2 is 2.16 bits per heavy atom. The molecule has 1 fully saturated rings. The molecule has 5 heterocycles. The van der Waals surface area contributed by atoms with Gasteiger partial charge in [0.05, 0.1) is 46.7 Å². The number of hydrogen-bond donors (Lipinski definition) is 1. The van der Waals surface area contributed by atoms with Crippen LogP contribution in [0.1, 0.15) is 30.9 Å². The smallest absolute Gasteiger partial charge is 0.327 e. The zero-order valence-corrected chi connectivity index (χ0v) is 17.0. The Kier molecular flexibility index (Phi) is 4.68. The molecule has 1 amide bonds. The number of hydrogen-bond acceptors (Lipinski definition) is 6. The number of rotatable bonds is 3. The Morgan fingerprint density at radius 3 is 2.97 bits per heavy atom. The fraction of sp³-hybridized carbons (Fsp3) is 0.273. The number of carbonyl (C=O) groups is 1. The molecule has 0 radical (unpaired) electrons. The van der Waals surface area contributed by atoms with E-state index in [1.807, 2.05) is 12.1 Å². The Bertz CT molecular complexity index is 1500. The summed E-state index contributed by atoms with van der Waals surface area (Å²) in [5.41, 5.74) is 3.46. The number of amides is 1. The summed E-state index contributed by atoms with van der Waals surface area (Å²) in [5.74, 6) is -0.224. The van der Waals surface area contributed by atoms with Crippen molar-refractivity contribution >= 4 is 22.6 Å². The number of H-pyrrole nitrogens is 1. The van der Waals surface area contributed by atoms with Gasteiger partial charge < -0.3 is 9.88 Å². The number of nitrogens with one attached hydrogen (secondary N) is 1. The molecule has 10 nitrogen and oxygen atoms in total. The largest absolute Gasteiger partial charge is 0.340 e. The number of aromatic nitrogens is 5. The third kappa shape index (κ3) is 3.19. The Hall–Kier alpha value is -4.44. The lowest BCUT2D eigenvalue weighted by Gasteiger charge is -2.32. The fourth-order valence-corrected chi connectivity index (χ4v) is 4.31. The summed E-state index contributed by atoms with van der Waals surface area (Å²) < 4.78 is 3.28. The van der Waals surface area contributed by atoms with Crippen LogP contribution in [0.2, 0.25) is 0 Å². The predicted molar refractivity (Wildman–Crippen MR) is 114 cm³/mol. The second kappa shape index (κ2) is 7.67. The van der Waals surface area contributed by atoms with E-state index in [2.05, 4.69) is 16.2 Å². The van der Waals surface area contributed by atoms with E-state index >= 15 is 0 Å². The average Bonchev–Trinajstić information content (AvgIpc) is 3.38. The highest BCUT2D eigenvalue weighted by Crippen LogP contribution is 2.28. The van der Waals surface area contributed by atoms with Crippen molar-refractivity contribution in [2.24, 2.45) is 0 Å². The highest BCUT2D eigenvalue weighted by molar-refractivity contribution is 5.83. The number of imidazole rings is 1. The van der Waals surface area contributed by atoms with Crippen LogP contribution in [0, 0.1) is 22.7 Å². The van der Waals surface area contributed by atoms with Gasteiger partial charge in [0.1, 0.15) is 6.42 Å². The summed E-state index contributed by atoms with van der Waals surface area (Å²) in [6, 6.07) is 10.8. The van der Waals surface area contributed by atoms with Crippen LogP contribution in [0.3, 0.4) is 0 Å². The predicted octanol–water partition coefficient (Wildman–Crippen LogP) is 1.99. The number of likely N-dealkylation sites (tertiary alicyclic amines) is 1. The van der Waals surface area contributed by atoms with Crippen LogP contribution in [0.25, 0.3) is 27.9 Å². The molecule has 4 aromatic rings. The van der Waals surface area contributed by atoms with E-state index in [9.17, 15) is 14.9 Å². The molecule has 0 aliphatic carbocycles. The number of piperidine rings is 1. The van der Waals surface area contributed by atoms with Crippen molar-refractivity contribution in [1.29, 1.82) is 10.5 Å². The summed E-state index contributed by atoms with van der Waals surface area (Å²) in [6.07, 6.45) is 4.71. The Labute approximate surface area is 181 Å². The first-order valence-corrected chi connectivity index (χ1v) is 10.2. The van der Waals surface area contributed by atoms with Crippen LogP contribution in [0.5, 0.6) is 0 Å². The maximum Gasteiger partial charge on any atom is 0.327 e. The van der Waals surface area contributed by atoms with Crippen molar-refractivity contribution in [2.45, 2.75) is 25.3 Å². The van der Waals surface area contributed by atoms with Gasteiger partial charge in [-0.15, -0.1) is 0 Å². The monoisotopic (exact) mass is 426 g/mol. The number of pyridine rings is 2. The standard InChI is InChI=1S/C22H18N8O2/c23-7-5-20(31)28-8-1-2-15(13-28)30-21-18(27-22(30)32)4-3-17(26-21)16-12-25-29-9-6-14(11-24)10-19(16)29/h3-4,6,9-10,12,15H,1-2,5,8,13H2,(H,27,32)/t15-/m0/s1. The quantitative estimate of drug-likeness (QED) is 0.532. The van der Waals surface area contributed by atoms with Crippen LogP contribution in [0.15, 0.2) is 41.5 Å². The number of aromatic amines is 1. The molecule has 1 atom stereocenters. The maximum atomic E-state index is 12.8. The zero-order chi connectivity index (χ0) is 22.2. The van der Waals surface area contributed by atoms with Crippen molar-refractivity contribution in [3.8, 4) is 23.4 Å². The first-order chi connectivity index (χ1) is 15.6. The van der Waals surface area contributed by atoms with E-state index in [0.29, 0.717) is 35.5 Å². The lowest BCUT2D eigenvalue weighted by Crippen LogP contribution is -2.42. The third-order valence-corrected chi connectivity index (χ3v) is 5.83. The van der Waals surface area contributed by atoms with E-state index in [0.717, 1.165) is 23.9 Å². The summed E-state index contributed by atoms with van der Waals surface area (Å²) in [7, 11) is 0. The molecule has 0 unspecified atom stereocenters. The molecule has 4 aromatic heterocycles. The molecule has 0 saturated carbocycles. The zero-order valence-electron chi connectivity index (χ0n) is 17.0. The Morgan fingerprint density at radius 1 is 1.28 bits per heavy atom. The average molecular weight is 426 g/mol. The second-order valence-corrected chi connectivity index (χ2v) is 7.75. The summed E-state index contributed by atoms with van der Waals surface area (Å²) in [5, 5.41) is 22.4. The molecular formula is C22H18N8O2. The van der Waals surface area contributed by atoms with Gasteiger partial charge in [0.2, 0.25) is 5.91 Å². The molecule has 158 valence electrons. The summed E-state index contributed by atoms with van der Waals surface area (Å²) in [4.78, 5) is 34.3. The number of carbonyl (C=O) groups excluding carboxylic acids is 1. The molecule has 1 aliphatic heterocycles. The minimum atomic E-state index is -0.282. The SMILES string of the molecule is N#CCC(=O)N1CCC[C@H](n2c(=O)[nH]c3ccc(-c4cnn5ccc(C#N)cc45)nc32)C1. The second-order valence-electron chi connectivity index (χ2n) is 7.75. The molecule has 1 N–H and O–H groups in total. The topological polar surface area (TPSA) is 136 Å². The molecular weight excluding hydrogens is 408 g/mol.